The Morgan fingerprint density at radius 1 is 1.47 bits per heavy atom. The van der Waals surface area contributed by atoms with Crippen LogP contribution in [0.2, 0.25) is 0 Å². The van der Waals surface area contributed by atoms with Crippen LogP contribution in [-0.4, -0.2) is 33.7 Å². The van der Waals surface area contributed by atoms with Crippen LogP contribution in [0.1, 0.15) is 31.7 Å². The van der Waals surface area contributed by atoms with E-state index in [1.54, 1.807) is 6.92 Å². The normalized spacial score (nSPS) is 14.3. The molecular weight excluding hydrogens is 280 g/mol. The van der Waals surface area contributed by atoms with Crippen LogP contribution in [0.5, 0.6) is 0 Å². The number of halogens is 1. The summed E-state index contributed by atoms with van der Waals surface area (Å²) >= 11 is 0. The van der Waals surface area contributed by atoms with Gasteiger partial charge in [-0.3, -0.25) is 4.79 Å². The maximum absolute atomic E-state index is 11.2. The van der Waals surface area contributed by atoms with Gasteiger partial charge in [0, 0.05) is 19.0 Å². The van der Waals surface area contributed by atoms with Gasteiger partial charge in [0.2, 0.25) is 6.54 Å². The minimum Gasteiger partial charge on any atom is -1.00 e. The van der Waals surface area contributed by atoms with Gasteiger partial charge in [-0.25, -0.2) is 4.58 Å². The smallest absolute Gasteiger partial charge is 0.201 e. The first-order chi connectivity index (χ1) is 7.63. The minimum absolute atomic E-state index is 0. The highest BCUT2D eigenvalue weighted by Crippen LogP contribution is 2.15. The number of carbonyl (C=O) groups excluding carboxylic acids is 1. The van der Waals surface area contributed by atoms with Gasteiger partial charge >= 0.3 is 0 Å². The van der Waals surface area contributed by atoms with E-state index in [-0.39, 0.29) is 22.8 Å². The summed E-state index contributed by atoms with van der Waals surface area (Å²) in [4.78, 5) is 11.2. The summed E-state index contributed by atoms with van der Waals surface area (Å²) in [6.45, 7) is 8.44. The van der Waals surface area contributed by atoms with Crippen molar-refractivity contribution in [1.29, 1.82) is 0 Å². The predicted octanol–water partition coefficient (Wildman–Crippen LogP) is -1.39. The topological polar surface area (TPSA) is 25.0 Å². The fraction of sp³-hybridized carbons (Fsp3) is 0.538. The van der Waals surface area contributed by atoms with Crippen molar-refractivity contribution in [2.45, 2.75) is 33.7 Å². The second-order valence-corrected chi connectivity index (χ2v) is 4.44. The Morgan fingerprint density at radius 3 is 2.76 bits per heavy atom. The van der Waals surface area contributed by atoms with Crippen LogP contribution < -0.4 is 17.0 Å². The molecule has 1 aromatic rings. The predicted molar refractivity (Wildman–Crippen MR) is 64.2 cm³/mol. The quantitative estimate of drug-likeness (QED) is 0.631. The van der Waals surface area contributed by atoms with Crippen LogP contribution in [0, 0.1) is 6.92 Å². The van der Waals surface area contributed by atoms with Gasteiger partial charge in [0.15, 0.2) is 18.0 Å². The molecule has 0 bridgehead atoms. The van der Waals surface area contributed by atoms with Gasteiger partial charge in [0.25, 0.3) is 0 Å². The number of nitrogens with zero attached hydrogens (tertiary/aromatic N) is 2. The van der Waals surface area contributed by atoms with Crippen LogP contribution >= 0.6 is 0 Å². The lowest BCUT2D eigenvalue weighted by Crippen LogP contribution is -3.00. The summed E-state index contributed by atoms with van der Waals surface area (Å²) in [5.41, 5.74) is 3.89. The van der Waals surface area contributed by atoms with Crippen LogP contribution in [-0.2, 0) is 11.3 Å². The Kier molecular flexibility index (Phi) is 4.69. The van der Waals surface area contributed by atoms with E-state index in [1.807, 2.05) is 0 Å². The molecule has 3 nitrogen and oxygen atoms in total. The number of Topliss-reactive ketones (excluding diaryl/α,β-unsaturated/α-hetero) is 1. The van der Waals surface area contributed by atoms with Gasteiger partial charge in [-0.1, -0.05) is 6.92 Å². The molecule has 17 heavy (non-hydrogen) atoms. The molecular formula is C13H19BrN2O. The largest absolute Gasteiger partial charge is 1.00 e. The highest BCUT2D eigenvalue weighted by Gasteiger charge is 2.25. The molecule has 2 rings (SSSR count). The van der Waals surface area contributed by atoms with E-state index in [1.165, 1.54) is 17.1 Å². The standard InChI is InChI=1S/C13H19N2O.BrH/c1-4-12-13-6-5-10(2)15(13)8-7-14(12)9-11(3)16;/h5-6H,4,7-9H2,1-3H3;1H/q+1;/p-1. The van der Waals surface area contributed by atoms with E-state index < -0.39 is 0 Å². The second kappa shape index (κ2) is 5.63. The Balaban J connectivity index is 0.00000144. The third-order valence-corrected chi connectivity index (χ3v) is 3.22. The molecule has 0 fully saturated rings. The molecule has 0 saturated carbocycles. The molecule has 1 aliphatic rings. The number of fused-ring (bicyclic) bond motifs is 1. The summed E-state index contributed by atoms with van der Waals surface area (Å²) in [5.74, 6) is 0.239. The monoisotopic (exact) mass is 298 g/mol. The molecule has 0 aromatic carbocycles. The SMILES string of the molecule is CCC1=[N+](CC(C)=O)CCn2c(C)ccc21.[Br-]. The van der Waals surface area contributed by atoms with Gasteiger partial charge in [0.05, 0.1) is 6.54 Å². The van der Waals surface area contributed by atoms with Crippen LogP contribution in [0.4, 0.5) is 0 Å². The Morgan fingerprint density at radius 2 is 2.18 bits per heavy atom. The Hall–Kier alpha value is -0.900. The maximum Gasteiger partial charge on any atom is 0.201 e. The van der Waals surface area contributed by atoms with E-state index in [2.05, 4.69) is 35.1 Å². The van der Waals surface area contributed by atoms with Gasteiger partial charge in [-0.05, 0) is 19.1 Å². The van der Waals surface area contributed by atoms with E-state index in [0.29, 0.717) is 6.54 Å². The lowest BCUT2D eigenvalue weighted by atomic mass is 10.1. The Bertz CT molecular complexity index is 460. The zero-order valence-electron chi connectivity index (χ0n) is 10.7. The number of hydrogen-bond donors (Lipinski definition) is 0. The average Bonchev–Trinajstić information content (AvgIpc) is 2.59. The van der Waals surface area contributed by atoms with Crippen molar-refractivity contribution in [2.24, 2.45) is 0 Å². The highest BCUT2D eigenvalue weighted by molar-refractivity contribution is 5.96. The number of carbonyl (C=O) groups is 1. The van der Waals surface area contributed by atoms with E-state index in [4.69, 9.17) is 0 Å². The van der Waals surface area contributed by atoms with Gasteiger partial charge in [0.1, 0.15) is 5.69 Å². The summed E-state index contributed by atoms with van der Waals surface area (Å²) < 4.78 is 4.56. The third kappa shape index (κ3) is 2.68. The number of aryl methyl sites for hydroxylation is 1. The van der Waals surface area contributed by atoms with E-state index in [9.17, 15) is 4.79 Å². The highest BCUT2D eigenvalue weighted by atomic mass is 79.9. The first-order valence-corrected chi connectivity index (χ1v) is 5.90. The van der Waals surface area contributed by atoms with Gasteiger partial charge < -0.3 is 21.5 Å². The molecule has 0 amide bonds. The van der Waals surface area contributed by atoms with Crippen LogP contribution in [0.3, 0.4) is 0 Å². The molecule has 1 aromatic heterocycles. The van der Waals surface area contributed by atoms with Crippen molar-refractivity contribution >= 4 is 11.5 Å². The zero-order chi connectivity index (χ0) is 11.7. The molecule has 0 atom stereocenters. The van der Waals surface area contributed by atoms with Crippen molar-refractivity contribution < 1.29 is 26.4 Å². The van der Waals surface area contributed by atoms with Gasteiger partial charge in [-0.15, -0.1) is 0 Å². The lowest BCUT2D eigenvalue weighted by molar-refractivity contribution is -0.521. The first kappa shape index (κ1) is 14.2. The number of ketones is 1. The second-order valence-electron chi connectivity index (χ2n) is 4.44. The summed E-state index contributed by atoms with van der Waals surface area (Å²) in [6, 6.07) is 4.32. The van der Waals surface area contributed by atoms with Crippen LogP contribution in [0.25, 0.3) is 0 Å². The number of aromatic nitrogens is 1. The van der Waals surface area contributed by atoms with Crippen molar-refractivity contribution in [2.75, 3.05) is 13.1 Å². The molecule has 1 aliphatic heterocycles. The summed E-state index contributed by atoms with van der Waals surface area (Å²) in [6.07, 6.45) is 0.983. The van der Waals surface area contributed by atoms with Crippen molar-refractivity contribution in [3.05, 3.63) is 23.5 Å². The lowest BCUT2D eigenvalue weighted by Gasteiger charge is -2.18. The molecule has 4 heteroatoms. The third-order valence-electron chi connectivity index (χ3n) is 3.22. The minimum atomic E-state index is 0. The fourth-order valence-corrected chi connectivity index (χ4v) is 2.48. The van der Waals surface area contributed by atoms with Crippen LogP contribution in [0.15, 0.2) is 12.1 Å². The molecule has 94 valence electrons. The molecule has 0 unspecified atom stereocenters. The van der Waals surface area contributed by atoms with E-state index in [0.717, 1.165) is 19.5 Å². The van der Waals surface area contributed by atoms with Gasteiger partial charge in [-0.2, -0.15) is 0 Å². The molecule has 2 heterocycles. The van der Waals surface area contributed by atoms with E-state index >= 15 is 0 Å². The number of rotatable bonds is 3. The van der Waals surface area contributed by atoms with Crippen molar-refractivity contribution in [3.63, 3.8) is 0 Å². The average molecular weight is 299 g/mol. The molecule has 0 radical (unpaired) electrons. The first-order valence-electron chi connectivity index (χ1n) is 5.90. The maximum atomic E-state index is 11.2. The fourth-order valence-electron chi connectivity index (χ4n) is 2.48. The summed E-state index contributed by atoms with van der Waals surface area (Å²) in [5, 5.41) is 0. The zero-order valence-corrected chi connectivity index (χ0v) is 12.2. The number of hydrogen-bond acceptors (Lipinski definition) is 1. The molecule has 0 N–H and O–H groups in total. The Labute approximate surface area is 113 Å². The molecule has 0 saturated heterocycles. The van der Waals surface area contributed by atoms with Crippen molar-refractivity contribution in [1.82, 2.24) is 4.57 Å². The van der Waals surface area contributed by atoms with Crippen molar-refractivity contribution in [3.8, 4) is 0 Å². The summed E-state index contributed by atoms with van der Waals surface area (Å²) in [7, 11) is 0. The molecule has 0 spiro atoms. The molecule has 0 aliphatic carbocycles.